The summed E-state index contributed by atoms with van der Waals surface area (Å²) < 4.78 is 0. The SMILES string of the molecule is O=C(CN1CCC[C@@H]1Cc1ccccc1)NCc1cccnc1. The van der Waals surface area contributed by atoms with Crippen LogP contribution in [0.1, 0.15) is 24.0 Å². The maximum Gasteiger partial charge on any atom is 0.234 e. The molecular weight excluding hydrogens is 286 g/mol. The molecule has 1 aromatic carbocycles. The van der Waals surface area contributed by atoms with Gasteiger partial charge < -0.3 is 5.32 Å². The van der Waals surface area contributed by atoms with Crippen LogP contribution in [0.4, 0.5) is 0 Å². The van der Waals surface area contributed by atoms with E-state index in [9.17, 15) is 4.79 Å². The molecule has 120 valence electrons. The van der Waals surface area contributed by atoms with E-state index in [0.717, 1.165) is 18.5 Å². The summed E-state index contributed by atoms with van der Waals surface area (Å²) in [5.41, 5.74) is 2.38. The van der Waals surface area contributed by atoms with E-state index in [1.54, 1.807) is 12.4 Å². The molecule has 1 aromatic heterocycles. The minimum atomic E-state index is 0.0915. The molecule has 2 aromatic rings. The van der Waals surface area contributed by atoms with Gasteiger partial charge in [-0.15, -0.1) is 0 Å². The van der Waals surface area contributed by atoms with E-state index in [1.807, 2.05) is 18.2 Å². The maximum atomic E-state index is 12.2. The minimum Gasteiger partial charge on any atom is -0.351 e. The van der Waals surface area contributed by atoms with Gasteiger partial charge in [0.1, 0.15) is 0 Å². The summed E-state index contributed by atoms with van der Waals surface area (Å²) >= 11 is 0. The van der Waals surface area contributed by atoms with Crippen LogP contribution in [0.25, 0.3) is 0 Å². The molecule has 23 heavy (non-hydrogen) atoms. The highest BCUT2D eigenvalue weighted by atomic mass is 16.2. The van der Waals surface area contributed by atoms with Crippen molar-refractivity contribution in [2.24, 2.45) is 0 Å². The average Bonchev–Trinajstić information content (AvgIpc) is 3.02. The number of nitrogens with one attached hydrogen (secondary N) is 1. The van der Waals surface area contributed by atoms with Gasteiger partial charge in [-0.1, -0.05) is 36.4 Å². The molecule has 1 saturated heterocycles. The van der Waals surface area contributed by atoms with Gasteiger partial charge in [0.25, 0.3) is 0 Å². The van der Waals surface area contributed by atoms with Gasteiger partial charge in [0.05, 0.1) is 6.54 Å². The van der Waals surface area contributed by atoms with E-state index in [-0.39, 0.29) is 5.91 Å². The highest BCUT2D eigenvalue weighted by molar-refractivity contribution is 5.78. The summed E-state index contributed by atoms with van der Waals surface area (Å²) in [6, 6.07) is 14.9. The third kappa shape index (κ3) is 4.63. The Kier molecular flexibility index (Phi) is 5.37. The quantitative estimate of drug-likeness (QED) is 0.891. The summed E-state index contributed by atoms with van der Waals surface area (Å²) in [4.78, 5) is 18.6. The average molecular weight is 309 g/mol. The number of nitrogens with zero attached hydrogens (tertiary/aromatic N) is 2. The molecule has 0 bridgehead atoms. The number of carbonyl (C=O) groups is 1. The molecule has 4 nitrogen and oxygen atoms in total. The van der Waals surface area contributed by atoms with Crippen molar-refractivity contribution in [1.29, 1.82) is 0 Å². The van der Waals surface area contributed by atoms with Crippen molar-refractivity contribution in [3.05, 3.63) is 66.0 Å². The molecule has 0 aliphatic carbocycles. The zero-order valence-electron chi connectivity index (χ0n) is 13.3. The molecule has 1 aliphatic heterocycles. The number of pyridine rings is 1. The first kappa shape index (κ1) is 15.7. The monoisotopic (exact) mass is 309 g/mol. The van der Waals surface area contributed by atoms with Crippen LogP contribution in [-0.4, -0.2) is 34.9 Å². The maximum absolute atomic E-state index is 12.2. The van der Waals surface area contributed by atoms with E-state index in [4.69, 9.17) is 0 Å². The Morgan fingerprint density at radius 1 is 1.17 bits per heavy atom. The Morgan fingerprint density at radius 2 is 2.00 bits per heavy atom. The summed E-state index contributed by atoms with van der Waals surface area (Å²) in [5.74, 6) is 0.0915. The summed E-state index contributed by atoms with van der Waals surface area (Å²) in [6.07, 6.45) is 6.90. The van der Waals surface area contributed by atoms with Crippen molar-refractivity contribution in [1.82, 2.24) is 15.2 Å². The number of carbonyl (C=O) groups excluding carboxylic acids is 1. The van der Waals surface area contributed by atoms with Crippen LogP contribution in [0.2, 0.25) is 0 Å². The van der Waals surface area contributed by atoms with Crippen molar-refractivity contribution in [2.75, 3.05) is 13.1 Å². The van der Waals surface area contributed by atoms with Crippen LogP contribution in [0.3, 0.4) is 0 Å². The van der Waals surface area contributed by atoms with E-state index in [1.165, 1.54) is 18.4 Å². The number of hydrogen-bond donors (Lipinski definition) is 1. The highest BCUT2D eigenvalue weighted by Gasteiger charge is 2.26. The van der Waals surface area contributed by atoms with Gasteiger partial charge in [0.15, 0.2) is 0 Å². The molecule has 0 radical (unpaired) electrons. The van der Waals surface area contributed by atoms with Gasteiger partial charge in [-0.25, -0.2) is 0 Å². The summed E-state index contributed by atoms with van der Waals surface area (Å²) in [6.45, 7) is 2.04. The molecule has 1 N–H and O–H groups in total. The van der Waals surface area contributed by atoms with Gasteiger partial charge in [0, 0.05) is 25.0 Å². The lowest BCUT2D eigenvalue weighted by molar-refractivity contribution is -0.122. The van der Waals surface area contributed by atoms with Crippen LogP contribution in [0.15, 0.2) is 54.9 Å². The second kappa shape index (κ2) is 7.88. The molecule has 1 fully saturated rings. The number of aromatic nitrogens is 1. The zero-order valence-corrected chi connectivity index (χ0v) is 13.3. The molecule has 3 rings (SSSR count). The molecule has 1 aliphatic rings. The first-order valence-corrected chi connectivity index (χ1v) is 8.25. The smallest absolute Gasteiger partial charge is 0.234 e. The topological polar surface area (TPSA) is 45.2 Å². The van der Waals surface area contributed by atoms with Crippen LogP contribution >= 0.6 is 0 Å². The van der Waals surface area contributed by atoms with Crippen LogP contribution in [0.5, 0.6) is 0 Å². The highest BCUT2D eigenvalue weighted by Crippen LogP contribution is 2.20. The Labute approximate surface area is 137 Å². The Morgan fingerprint density at radius 3 is 2.78 bits per heavy atom. The van der Waals surface area contributed by atoms with E-state index >= 15 is 0 Å². The number of benzene rings is 1. The lowest BCUT2D eigenvalue weighted by Gasteiger charge is -2.24. The van der Waals surface area contributed by atoms with Crippen LogP contribution in [-0.2, 0) is 17.8 Å². The standard InChI is InChI=1S/C19H23N3O/c23-19(21-14-17-8-4-10-20-13-17)15-22-11-5-9-18(22)12-16-6-2-1-3-7-16/h1-4,6-8,10,13,18H,5,9,11-12,14-15H2,(H,21,23)/t18-/m1/s1. The summed E-state index contributed by atoms with van der Waals surface area (Å²) in [5, 5.41) is 2.99. The second-order valence-electron chi connectivity index (χ2n) is 6.09. The fourth-order valence-electron chi connectivity index (χ4n) is 3.16. The van der Waals surface area contributed by atoms with Gasteiger partial charge in [-0.3, -0.25) is 14.7 Å². The lowest BCUT2D eigenvalue weighted by atomic mass is 10.0. The van der Waals surface area contributed by atoms with Crippen LogP contribution in [0, 0.1) is 0 Å². The lowest BCUT2D eigenvalue weighted by Crippen LogP contribution is -2.40. The zero-order chi connectivity index (χ0) is 15.9. The van der Waals surface area contributed by atoms with Gasteiger partial charge >= 0.3 is 0 Å². The van der Waals surface area contributed by atoms with Crippen molar-refractivity contribution < 1.29 is 4.79 Å². The van der Waals surface area contributed by atoms with Crippen molar-refractivity contribution in [2.45, 2.75) is 31.8 Å². The summed E-state index contributed by atoms with van der Waals surface area (Å²) in [7, 11) is 0. The third-order valence-electron chi connectivity index (χ3n) is 4.37. The molecule has 0 saturated carbocycles. The molecule has 4 heteroatoms. The number of hydrogen-bond acceptors (Lipinski definition) is 3. The van der Waals surface area contributed by atoms with Gasteiger partial charge in [0.2, 0.25) is 5.91 Å². The van der Waals surface area contributed by atoms with Crippen LogP contribution < -0.4 is 5.32 Å². The Bertz CT molecular complexity index is 615. The molecule has 0 spiro atoms. The predicted molar refractivity (Wildman–Crippen MR) is 90.8 cm³/mol. The Hall–Kier alpha value is -2.20. The van der Waals surface area contributed by atoms with Crippen molar-refractivity contribution in [3.8, 4) is 0 Å². The fourth-order valence-corrected chi connectivity index (χ4v) is 3.16. The van der Waals surface area contributed by atoms with E-state index in [0.29, 0.717) is 19.1 Å². The minimum absolute atomic E-state index is 0.0915. The normalized spacial score (nSPS) is 18.0. The molecule has 0 unspecified atom stereocenters. The molecular formula is C19H23N3O. The second-order valence-corrected chi connectivity index (χ2v) is 6.09. The Balaban J connectivity index is 1.49. The van der Waals surface area contributed by atoms with E-state index < -0.39 is 0 Å². The van der Waals surface area contributed by atoms with Crippen molar-refractivity contribution in [3.63, 3.8) is 0 Å². The van der Waals surface area contributed by atoms with Gasteiger partial charge in [-0.2, -0.15) is 0 Å². The first-order chi connectivity index (χ1) is 11.3. The molecule has 1 atom stereocenters. The number of likely N-dealkylation sites (tertiary alicyclic amines) is 1. The molecule has 1 amide bonds. The van der Waals surface area contributed by atoms with Crippen molar-refractivity contribution >= 4 is 5.91 Å². The third-order valence-corrected chi connectivity index (χ3v) is 4.37. The first-order valence-electron chi connectivity index (χ1n) is 8.25. The predicted octanol–water partition coefficient (Wildman–Crippen LogP) is 2.40. The number of amides is 1. The molecule has 2 heterocycles. The van der Waals surface area contributed by atoms with E-state index in [2.05, 4.69) is 39.5 Å². The fraction of sp³-hybridized carbons (Fsp3) is 0.368. The van der Waals surface area contributed by atoms with Gasteiger partial charge in [-0.05, 0) is 43.0 Å². The largest absolute Gasteiger partial charge is 0.351 e. The number of rotatable bonds is 6.